The van der Waals surface area contributed by atoms with Crippen LogP contribution in [0.25, 0.3) is 0 Å². The predicted molar refractivity (Wildman–Crippen MR) is 65.5 cm³/mol. The van der Waals surface area contributed by atoms with E-state index in [0.29, 0.717) is 11.9 Å². The fourth-order valence-electron chi connectivity index (χ4n) is 0.692. The minimum Gasteiger partial charge on any atom is -0.368 e. The number of nitrogen functional groups attached to an aromatic ring is 1. The summed E-state index contributed by atoms with van der Waals surface area (Å²) in [6.45, 7) is 0. The van der Waals surface area contributed by atoms with Crippen LogP contribution in [0.5, 0.6) is 0 Å². The topological polar surface area (TPSA) is 106 Å². The molecule has 15 heavy (non-hydrogen) atoms. The molecule has 0 amide bonds. The summed E-state index contributed by atoms with van der Waals surface area (Å²) in [5, 5.41) is 2.79. The summed E-state index contributed by atoms with van der Waals surface area (Å²) in [5.41, 5.74) is 9.94. The third-order valence-corrected chi connectivity index (χ3v) is 1.26. The fraction of sp³-hybridized carbons (Fsp3) is 0.571. The average molecular weight is 236 g/mol. The lowest BCUT2D eigenvalue weighted by molar-refractivity contribution is 0.966. The third-order valence-electron chi connectivity index (χ3n) is 1.26. The zero-order valence-electron chi connectivity index (χ0n) is 9.35. The van der Waals surface area contributed by atoms with Gasteiger partial charge in [-0.15, -0.1) is 12.4 Å². The van der Waals surface area contributed by atoms with E-state index in [-0.39, 0.29) is 18.4 Å². The van der Waals surface area contributed by atoms with Crippen molar-refractivity contribution in [2.45, 2.75) is 0 Å². The zero-order chi connectivity index (χ0) is 11.1. The van der Waals surface area contributed by atoms with Crippen LogP contribution >= 0.6 is 12.4 Å². The highest BCUT2D eigenvalue weighted by Gasteiger charge is 2.03. The van der Waals surface area contributed by atoms with Crippen LogP contribution in [0.15, 0.2) is 0 Å². The maximum absolute atomic E-state index is 5.44. The molecule has 0 unspecified atom stereocenters. The van der Waals surface area contributed by atoms with Crippen molar-refractivity contribution in [1.82, 2.24) is 15.0 Å². The SMILES string of the molecule is CN.CNc1nc(N)nc(N(C)C)n1.Cl. The first kappa shape index (κ1) is 16.1. The lowest BCUT2D eigenvalue weighted by Gasteiger charge is -2.10. The number of halogens is 1. The van der Waals surface area contributed by atoms with Crippen molar-refractivity contribution < 1.29 is 0 Å². The van der Waals surface area contributed by atoms with E-state index in [1.165, 1.54) is 7.05 Å². The Labute approximate surface area is 95.7 Å². The van der Waals surface area contributed by atoms with Crippen molar-refractivity contribution in [2.24, 2.45) is 5.73 Å². The van der Waals surface area contributed by atoms with Crippen LogP contribution in [-0.2, 0) is 0 Å². The Morgan fingerprint density at radius 3 is 2.07 bits per heavy atom. The second-order valence-electron chi connectivity index (χ2n) is 2.46. The van der Waals surface area contributed by atoms with Crippen molar-refractivity contribution in [3.05, 3.63) is 0 Å². The van der Waals surface area contributed by atoms with Crippen molar-refractivity contribution in [1.29, 1.82) is 0 Å². The molecule has 5 N–H and O–H groups in total. The van der Waals surface area contributed by atoms with Crippen LogP contribution in [0, 0.1) is 0 Å². The van der Waals surface area contributed by atoms with Gasteiger partial charge in [-0.05, 0) is 7.05 Å². The second kappa shape index (κ2) is 8.01. The van der Waals surface area contributed by atoms with Crippen LogP contribution in [-0.4, -0.2) is 43.1 Å². The molecule has 0 atom stereocenters. The van der Waals surface area contributed by atoms with Crippen LogP contribution in [0.4, 0.5) is 17.8 Å². The first-order valence-corrected chi connectivity index (χ1v) is 4.08. The summed E-state index contributed by atoms with van der Waals surface area (Å²) in [7, 11) is 6.91. The standard InChI is InChI=1S/C6H12N6.CH5N.ClH/c1-8-5-9-4(7)10-6(11-5)12(2)3;1-2;/h1-3H3,(H3,7,8,9,10,11);2H2,1H3;1H. The number of nitrogens with zero attached hydrogens (tertiary/aromatic N) is 4. The van der Waals surface area contributed by atoms with E-state index < -0.39 is 0 Å². The summed E-state index contributed by atoms with van der Waals surface area (Å²) in [4.78, 5) is 13.6. The first-order valence-electron chi connectivity index (χ1n) is 4.08. The Morgan fingerprint density at radius 1 is 1.13 bits per heavy atom. The minimum absolute atomic E-state index is 0. The third kappa shape index (κ3) is 5.18. The molecule has 1 rings (SSSR count). The largest absolute Gasteiger partial charge is 0.368 e. The van der Waals surface area contributed by atoms with E-state index >= 15 is 0 Å². The Hall–Kier alpha value is -1.34. The average Bonchev–Trinajstić information content (AvgIpc) is 2.20. The van der Waals surface area contributed by atoms with E-state index in [4.69, 9.17) is 5.73 Å². The molecule has 0 fully saturated rings. The molecular formula is C7H18ClN7. The van der Waals surface area contributed by atoms with Crippen molar-refractivity contribution in [2.75, 3.05) is 44.1 Å². The summed E-state index contributed by atoms with van der Waals surface area (Å²) < 4.78 is 0. The summed E-state index contributed by atoms with van der Waals surface area (Å²) >= 11 is 0. The van der Waals surface area contributed by atoms with E-state index in [2.05, 4.69) is 26.0 Å². The second-order valence-corrected chi connectivity index (χ2v) is 2.46. The summed E-state index contributed by atoms with van der Waals surface area (Å²) in [5.74, 6) is 1.25. The van der Waals surface area contributed by atoms with Crippen molar-refractivity contribution in [3.63, 3.8) is 0 Å². The predicted octanol–water partition coefficient (Wildman–Crippen LogP) is -0.442. The number of anilines is 3. The smallest absolute Gasteiger partial charge is 0.231 e. The van der Waals surface area contributed by atoms with E-state index in [1.807, 2.05) is 14.1 Å². The molecule has 1 aromatic rings. The molecule has 0 bridgehead atoms. The van der Waals surface area contributed by atoms with Gasteiger partial charge in [0.15, 0.2) is 0 Å². The molecule has 8 heteroatoms. The molecule has 0 saturated carbocycles. The Morgan fingerprint density at radius 2 is 1.67 bits per heavy atom. The van der Waals surface area contributed by atoms with E-state index in [0.717, 1.165) is 0 Å². The lowest BCUT2D eigenvalue weighted by atomic mass is 10.7. The van der Waals surface area contributed by atoms with E-state index in [9.17, 15) is 0 Å². The first-order chi connectivity index (χ1) is 6.63. The van der Waals surface area contributed by atoms with E-state index in [1.54, 1.807) is 11.9 Å². The highest BCUT2D eigenvalue weighted by atomic mass is 35.5. The maximum Gasteiger partial charge on any atom is 0.231 e. The molecule has 0 aliphatic heterocycles. The number of rotatable bonds is 2. The van der Waals surface area contributed by atoms with Gasteiger partial charge in [-0.3, -0.25) is 0 Å². The van der Waals surface area contributed by atoms with Crippen LogP contribution < -0.4 is 21.7 Å². The molecule has 0 aromatic carbocycles. The molecule has 0 saturated heterocycles. The van der Waals surface area contributed by atoms with Gasteiger partial charge >= 0.3 is 0 Å². The highest BCUT2D eigenvalue weighted by molar-refractivity contribution is 5.85. The Kier molecular flexibility index (Phi) is 8.60. The molecule has 0 radical (unpaired) electrons. The summed E-state index contributed by atoms with van der Waals surface area (Å²) in [6, 6.07) is 0. The normalized spacial score (nSPS) is 8.07. The Bertz CT molecular complexity index is 278. The molecule has 1 heterocycles. The van der Waals surface area contributed by atoms with Gasteiger partial charge in [0.25, 0.3) is 0 Å². The monoisotopic (exact) mass is 235 g/mol. The minimum atomic E-state index is 0. The number of nitrogens with one attached hydrogen (secondary N) is 1. The molecular weight excluding hydrogens is 218 g/mol. The highest BCUT2D eigenvalue weighted by Crippen LogP contribution is 2.07. The van der Waals surface area contributed by atoms with Crippen LogP contribution in [0.1, 0.15) is 0 Å². The molecule has 0 aliphatic rings. The van der Waals surface area contributed by atoms with Gasteiger partial charge in [-0.1, -0.05) is 0 Å². The molecule has 1 aromatic heterocycles. The van der Waals surface area contributed by atoms with Crippen molar-refractivity contribution in [3.8, 4) is 0 Å². The lowest BCUT2D eigenvalue weighted by Crippen LogP contribution is -2.15. The fourth-order valence-corrected chi connectivity index (χ4v) is 0.692. The van der Waals surface area contributed by atoms with Gasteiger partial charge in [-0.25, -0.2) is 0 Å². The number of hydrogen-bond donors (Lipinski definition) is 3. The quantitative estimate of drug-likeness (QED) is 0.638. The van der Waals surface area contributed by atoms with Gasteiger partial charge < -0.3 is 21.7 Å². The van der Waals surface area contributed by atoms with Crippen molar-refractivity contribution >= 4 is 30.3 Å². The van der Waals surface area contributed by atoms with Gasteiger partial charge in [0.05, 0.1) is 0 Å². The van der Waals surface area contributed by atoms with Crippen LogP contribution in [0.2, 0.25) is 0 Å². The van der Waals surface area contributed by atoms with Gasteiger partial charge in [0.2, 0.25) is 17.8 Å². The van der Waals surface area contributed by atoms with Crippen LogP contribution in [0.3, 0.4) is 0 Å². The zero-order valence-corrected chi connectivity index (χ0v) is 10.2. The number of hydrogen-bond acceptors (Lipinski definition) is 7. The summed E-state index contributed by atoms with van der Waals surface area (Å²) in [6.07, 6.45) is 0. The molecule has 7 nitrogen and oxygen atoms in total. The molecule has 0 aliphatic carbocycles. The molecule has 0 spiro atoms. The molecule has 88 valence electrons. The maximum atomic E-state index is 5.44. The Balaban J connectivity index is 0. The van der Waals surface area contributed by atoms with Gasteiger partial charge in [0.1, 0.15) is 0 Å². The van der Waals surface area contributed by atoms with Gasteiger partial charge in [-0.2, -0.15) is 15.0 Å². The van der Waals surface area contributed by atoms with Gasteiger partial charge in [0, 0.05) is 21.1 Å². The number of nitrogens with two attached hydrogens (primary N) is 2. The number of aromatic nitrogens is 3.